The van der Waals surface area contributed by atoms with Gasteiger partial charge in [0.05, 0.1) is 11.2 Å². The summed E-state index contributed by atoms with van der Waals surface area (Å²) in [5.74, 6) is 0. The summed E-state index contributed by atoms with van der Waals surface area (Å²) in [5.41, 5.74) is 10.5. The first-order valence-corrected chi connectivity index (χ1v) is 5.01. The third kappa shape index (κ3) is 0.939. The number of hydrogen-bond donors (Lipinski definition) is 1. The van der Waals surface area contributed by atoms with Gasteiger partial charge >= 0.3 is 0 Å². The average molecular weight is 184 g/mol. The molecule has 0 radical (unpaired) electrons. The molecule has 1 aliphatic carbocycles. The monoisotopic (exact) mass is 184 g/mol. The van der Waals surface area contributed by atoms with Crippen molar-refractivity contribution in [1.82, 2.24) is 4.98 Å². The lowest BCUT2D eigenvalue weighted by atomic mass is 10.1. The molecule has 2 aromatic rings. The van der Waals surface area contributed by atoms with Gasteiger partial charge in [0.15, 0.2) is 0 Å². The molecule has 0 bridgehead atoms. The largest absolute Gasteiger partial charge is 0.397 e. The van der Waals surface area contributed by atoms with Crippen molar-refractivity contribution < 1.29 is 0 Å². The first kappa shape index (κ1) is 7.80. The first-order chi connectivity index (χ1) is 6.86. The fraction of sp³-hybridized carbons (Fsp3) is 0.250. The van der Waals surface area contributed by atoms with Crippen LogP contribution in [0.1, 0.15) is 17.5 Å². The van der Waals surface area contributed by atoms with E-state index in [1.807, 2.05) is 18.3 Å². The molecule has 0 atom stereocenters. The van der Waals surface area contributed by atoms with Crippen molar-refractivity contribution in [2.45, 2.75) is 19.3 Å². The normalized spacial score (nSPS) is 14.6. The van der Waals surface area contributed by atoms with Crippen LogP contribution in [-0.4, -0.2) is 4.98 Å². The zero-order chi connectivity index (χ0) is 9.54. The molecule has 1 aromatic carbocycles. The molecule has 0 unspecified atom stereocenters. The minimum atomic E-state index is 0.789. The van der Waals surface area contributed by atoms with Crippen molar-refractivity contribution in [2.75, 3.05) is 5.73 Å². The van der Waals surface area contributed by atoms with E-state index in [4.69, 9.17) is 5.73 Å². The predicted octanol–water partition coefficient (Wildman–Crippen LogP) is 2.31. The molecule has 0 aliphatic heterocycles. The third-order valence-electron chi connectivity index (χ3n) is 3.00. The second-order valence-corrected chi connectivity index (χ2v) is 3.86. The molecule has 1 aromatic heterocycles. The molecule has 1 heterocycles. The van der Waals surface area contributed by atoms with Crippen molar-refractivity contribution >= 4 is 16.6 Å². The van der Waals surface area contributed by atoms with Crippen LogP contribution in [0.3, 0.4) is 0 Å². The van der Waals surface area contributed by atoms with Gasteiger partial charge in [0.1, 0.15) is 0 Å². The molecule has 2 N–H and O–H groups in total. The van der Waals surface area contributed by atoms with Crippen molar-refractivity contribution in [1.29, 1.82) is 0 Å². The maximum Gasteiger partial charge on any atom is 0.0934 e. The van der Waals surface area contributed by atoms with Gasteiger partial charge in [0.25, 0.3) is 0 Å². The van der Waals surface area contributed by atoms with E-state index in [9.17, 15) is 0 Å². The van der Waals surface area contributed by atoms with Crippen molar-refractivity contribution in [3.05, 3.63) is 35.5 Å². The second-order valence-electron chi connectivity index (χ2n) is 3.86. The van der Waals surface area contributed by atoms with Gasteiger partial charge < -0.3 is 5.73 Å². The standard InChI is InChI=1S/C12H12N2/c13-11-6-2-5-10-9-4-1-3-8(9)7-14-12(10)11/h2,5-7H,1,3-4,13H2. The number of fused-ring (bicyclic) bond motifs is 3. The van der Waals surface area contributed by atoms with E-state index in [1.165, 1.54) is 35.8 Å². The number of rotatable bonds is 0. The summed E-state index contributed by atoms with van der Waals surface area (Å²) in [5, 5.41) is 1.25. The molecule has 0 amide bonds. The van der Waals surface area contributed by atoms with Crippen LogP contribution in [0, 0.1) is 0 Å². The Morgan fingerprint density at radius 2 is 2.14 bits per heavy atom. The number of nitrogen functional groups attached to an aromatic ring is 1. The molecule has 14 heavy (non-hydrogen) atoms. The zero-order valence-electron chi connectivity index (χ0n) is 7.96. The molecule has 0 fully saturated rings. The molecule has 0 spiro atoms. The average Bonchev–Trinajstić information content (AvgIpc) is 2.66. The number of pyridine rings is 1. The molecule has 0 saturated carbocycles. The van der Waals surface area contributed by atoms with Gasteiger partial charge in [-0.05, 0) is 36.5 Å². The predicted molar refractivity (Wildman–Crippen MR) is 58.2 cm³/mol. The Labute approximate surface area is 82.8 Å². The SMILES string of the molecule is Nc1cccc2c3c(cnc12)CCC3. The van der Waals surface area contributed by atoms with Crippen LogP contribution in [0.15, 0.2) is 24.4 Å². The lowest BCUT2D eigenvalue weighted by molar-refractivity contribution is 0.912. The number of para-hydroxylation sites is 1. The smallest absolute Gasteiger partial charge is 0.0934 e. The maximum atomic E-state index is 5.89. The molecule has 70 valence electrons. The van der Waals surface area contributed by atoms with Crippen molar-refractivity contribution in [3.8, 4) is 0 Å². The number of nitrogens with two attached hydrogens (primary N) is 1. The topological polar surface area (TPSA) is 38.9 Å². The molecule has 2 nitrogen and oxygen atoms in total. The highest BCUT2D eigenvalue weighted by Crippen LogP contribution is 2.30. The van der Waals surface area contributed by atoms with Gasteiger partial charge in [-0.1, -0.05) is 12.1 Å². The first-order valence-electron chi connectivity index (χ1n) is 5.01. The van der Waals surface area contributed by atoms with Crippen molar-refractivity contribution in [3.63, 3.8) is 0 Å². The number of anilines is 1. The molecular weight excluding hydrogens is 172 g/mol. The van der Waals surface area contributed by atoms with Crippen LogP contribution in [0.2, 0.25) is 0 Å². The summed E-state index contributed by atoms with van der Waals surface area (Å²) < 4.78 is 0. The van der Waals surface area contributed by atoms with Crippen LogP contribution in [0.4, 0.5) is 5.69 Å². The highest BCUT2D eigenvalue weighted by atomic mass is 14.7. The number of hydrogen-bond acceptors (Lipinski definition) is 2. The molecular formula is C12H12N2. The van der Waals surface area contributed by atoms with Gasteiger partial charge in [-0.15, -0.1) is 0 Å². The van der Waals surface area contributed by atoms with Crippen LogP contribution >= 0.6 is 0 Å². The molecule has 1 aliphatic rings. The Balaban J connectivity index is 2.44. The summed E-state index contributed by atoms with van der Waals surface area (Å²) in [6.07, 6.45) is 5.59. The van der Waals surface area contributed by atoms with Gasteiger partial charge in [-0.3, -0.25) is 4.98 Å². The third-order valence-corrected chi connectivity index (χ3v) is 3.00. The van der Waals surface area contributed by atoms with Gasteiger partial charge in [-0.2, -0.15) is 0 Å². The number of benzene rings is 1. The van der Waals surface area contributed by atoms with Crippen LogP contribution in [0.25, 0.3) is 10.9 Å². The van der Waals surface area contributed by atoms with Gasteiger partial charge in [0, 0.05) is 11.6 Å². The Kier molecular flexibility index (Phi) is 1.51. The van der Waals surface area contributed by atoms with Gasteiger partial charge in [-0.25, -0.2) is 0 Å². The van der Waals surface area contributed by atoms with E-state index in [2.05, 4.69) is 11.1 Å². The summed E-state index contributed by atoms with van der Waals surface area (Å²) >= 11 is 0. The minimum absolute atomic E-state index is 0.789. The van der Waals surface area contributed by atoms with E-state index < -0.39 is 0 Å². The highest BCUT2D eigenvalue weighted by Gasteiger charge is 2.14. The van der Waals surface area contributed by atoms with E-state index in [0.29, 0.717) is 0 Å². The number of nitrogens with zero attached hydrogens (tertiary/aromatic N) is 1. The zero-order valence-corrected chi connectivity index (χ0v) is 7.96. The number of aryl methyl sites for hydroxylation is 2. The van der Waals surface area contributed by atoms with E-state index in [-0.39, 0.29) is 0 Å². The fourth-order valence-corrected chi connectivity index (χ4v) is 2.31. The maximum absolute atomic E-state index is 5.89. The van der Waals surface area contributed by atoms with Gasteiger partial charge in [0.2, 0.25) is 0 Å². The molecule has 3 rings (SSSR count). The highest BCUT2D eigenvalue weighted by molar-refractivity contribution is 5.92. The van der Waals surface area contributed by atoms with E-state index >= 15 is 0 Å². The van der Waals surface area contributed by atoms with Crippen molar-refractivity contribution in [2.24, 2.45) is 0 Å². The Bertz CT molecular complexity index is 503. The number of aromatic nitrogens is 1. The second kappa shape index (κ2) is 2.71. The summed E-state index contributed by atoms with van der Waals surface area (Å²) in [7, 11) is 0. The van der Waals surface area contributed by atoms with E-state index in [0.717, 1.165) is 11.2 Å². The summed E-state index contributed by atoms with van der Waals surface area (Å²) in [4.78, 5) is 4.43. The van der Waals surface area contributed by atoms with Crippen LogP contribution in [-0.2, 0) is 12.8 Å². The summed E-state index contributed by atoms with van der Waals surface area (Å²) in [6, 6.07) is 6.05. The molecule has 2 heteroatoms. The lowest BCUT2D eigenvalue weighted by Gasteiger charge is -2.05. The van der Waals surface area contributed by atoms with E-state index in [1.54, 1.807) is 0 Å². The Morgan fingerprint density at radius 3 is 3.07 bits per heavy atom. The quantitative estimate of drug-likeness (QED) is 0.638. The Morgan fingerprint density at radius 1 is 1.21 bits per heavy atom. The fourth-order valence-electron chi connectivity index (χ4n) is 2.31. The lowest BCUT2D eigenvalue weighted by Crippen LogP contribution is -1.93. The molecule has 0 saturated heterocycles. The summed E-state index contributed by atoms with van der Waals surface area (Å²) in [6.45, 7) is 0. The Hall–Kier alpha value is -1.57. The van der Waals surface area contributed by atoms with Crippen LogP contribution in [0.5, 0.6) is 0 Å². The van der Waals surface area contributed by atoms with Crippen LogP contribution < -0.4 is 5.73 Å². The minimum Gasteiger partial charge on any atom is -0.397 e.